The Hall–Kier alpha value is -4.02. The molecule has 2 amide bonds. The number of hydrogen-bond donors (Lipinski definition) is 2. The lowest BCUT2D eigenvalue weighted by atomic mass is 10.1. The third kappa shape index (κ3) is 4.73. The number of ketones is 1. The van der Waals surface area contributed by atoms with E-state index in [0.717, 1.165) is 16.7 Å². The lowest BCUT2D eigenvalue weighted by Gasteiger charge is -2.17. The monoisotopic (exact) mass is 507 g/mol. The minimum absolute atomic E-state index is 0.155. The molecule has 9 nitrogen and oxygen atoms in total. The number of thiophene rings is 1. The van der Waals surface area contributed by atoms with Crippen LogP contribution in [0.15, 0.2) is 59.4 Å². The van der Waals surface area contributed by atoms with Gasteiger partial charge in [-0.3, -0.25) is 23.7 Å². The first-order valence-corrected chi connectivity index (χ1v) is 12.0. The van der Waals surface area contributed by atoms with Crippen molar-refractivity contribution in [1.29, 1.82) is 0 Å². The number of carbonyl (C=O) groups is 3. The third-order valence-electron chi connectivity index (χ3n) is 5.82. The molecule has 0 aliphatic carbocycles. The average molecular weight is 508 g/mol. The molecule has 0 saturated carbocycles. The number of pyridine rings is 1. The number of rotatable bonds is 9. The van der Waals surface area contributed by atoms with Crippen molar-refractivity contribution >= 4 is 49.9 Å². The third-order valence-corrected chi connectivity index (χ3v) is 7.01. The van der Waals surface area contributed by atoms with Gasteiger partial charge in [-0.15, -0.1) is 11.3 Å². The Balaban J connectivity index is 1.80. The van der Waals surface area contributed by atoms with Crippen LogP contribution in [0.3, 0.4) is 0 Å². The van der Waals surface area contributed by atoms with Crippen molar-refractivity contribution in [2.24, 2.45) is 0 Å². The molecule has 4 aromatic rings. The van der Waals surface area contributed by atoms with Gasteiger partial charge in [0.1, 0.15) is 16.9 Å². The molecule has 2 aromatic heterocycles. The number of aliphatic hydroxyl groups is 1. The Labute approximate surface area is 210 Å². The highest BCUT2D eigenvalue weighted by molar-refractivity contribution is 7.22. The van der Waals surface area contributed by atoms with E-state index >= 15 is 0 Å². The van der Waals surface area contributed by atoms with Crippen molar-refractivity contribution < 1.29 is 24.2 Å². The predicted octanol–water partition coefficient (Wildman–Crippen LogP) is 2.29. The van der Waals surface area contributed by atoms with E-state index in [4.69, 9.17) is 9.84 Å². The number of aromatic nitrogens is 1. The number of nitrogens with zero attached hydrogens (tertiary/aromatic N) is 2. The lowest BCUT2D eigenvalue weighted by Crippen LogP contribution is -2.37. The zero-order valence-electron chi connectivity index (χ0n) is 19.8. The summed E-state index contributed by atoms with van der Waals surface area (Å²) in [5.41, 5.74) is 0.664. The van der Waals surface area contributed by atoms with E-state index in [1.54, 1.807) is 43.4 Å². The van der Waals surface area contributed by atoms with Crippen molar-refractivity contribution in [3.05, 3.63) is 75.4 Å². The first kappa shape index (κ1) is 25.1. The number of aliphatic hydroxyl groups excluding tert-OH is 1. The largest absolute Gasteiger partial charge is 0.494 e. The Morgan fingerprint density at radius 2 is 1.78 bits per heavy atom. The molecule has 0 unspecified atom stereocenters. The normalized spacial score (nSPS) is 11.0. The highest BCUT2D eigenvalue weighted by Gasteiger charge is 2.27. The number of carbonyl (C=O) groups excluding carboxylic acids is 3. The second-order valence-corrected chi connectivity index (χ2v) is 9.12. The molecule has 36 heavy (non-hydrogen) atoms. The molecule has 0 bridgehead atoms. The Morgan fingerprint density at radius 3 is 2.47 bits per heavy atom. The van der Waals surface area contributed by atoms with Gasteiger partial charge in [0, 0.05) is 31.1 Å². The number of hydrogen-bond acceptors (Lipinski definition) is 7. The topological polar surface area (TPSA) is 118 Å². The number of fused-ring (bicyclic) bond motifs is 3. The van der Waals surface area contributed by atoms with Crippen LogP contribution in [-0.4, -0.2) is 66.0 Å². The SMILES string of the molecule is COc1c(C(=O)N(C)CCNC(=O)CO)sc2c1c(=O)n(CC(=O)c1ccccc1)c1ccccc21. The summed E-state index contributed by atoms with van der Waals surface area (Å²) in [6.07, 6.45) is 0. The fraction of sp³-hybridized carbons (Fsp3) is 0.231. The van der Waals surface area contributed by atoms with Crippen LogP contribution in [0, 0.1) is 0 Å². The molecular formula is C26H25N3O6S. The number of Topliss-reactive ketones (excluding diaryl/α,β-unsaturated/α-hetero) is 1. The predicted molar refractivity (Wildman–Crippen MR) is 138 cm³/mol. The number of methoxy groups -OCH3 is 1. The highest BCUT2D eigenvalue weighted by atomic mass is 32.1. The average Bonchev–Trinajstić information content (AvgIpc) is 3.30. The van der Waals surface area contributed by atoms with Crippen molar-refractivity contribution in [3.63, 3.8) is 0 Å². The van der Waals surface area contributed by atoms with Gasteiger partial charge in [-0.25, -0.2) is 0 Å². The molecule has 0 saturated heterocycles. The van der Waals surface area contributed by atoms with E-state index in [-0.39, 0.29) is 47.3 Å². The smallest absolute Gasteiger partial charge is 0.267 e. The molecule has 186 valence electrons. The lowest BCUT2D eigenvalue weighted by molar-refractivity contribution is -0.123. The van der Waals surface area contributed by atoms with Crippen molar-refractivity contribution in [1.82, 2.24) is 14.8 Å². The van der Waals surface area contributed by atoms with Crippen LogP contribution in [0.5, 0.6) is 5.75 Å². The highest BCUT2D eigenvalue weighted by Crippen LogP contribution is 2.40. The first-order chi connectivity index (χ1) is 17.4. The maximum atomic E-state index is 13.7. The summed E-state index contributed by atoms with van der Waals surface area (Å²) in [6, 6.07) is 16.0. The van der Waals surface area contributed by atoms with Crippen LogP contribution in [0.25, 0.3) is 21.0 Å². The number of benzene rings is 2. The van der Waals surface area contributed by atoms with E-state index in [9.17, 15) is 19.2 Å². The molecule has 4 rings (SSSR count). The number of amides is 2. The van der Waals surface area contributed by atoms with Gasteiger partial charge in [-0.05, 0) is 6.07 Å². The summed E-state index contributed by atoms with van der Waals surface area (Å²) in [4.78, 5) is 52.9. The van der Waals surface area contributed by atoms with Gasteiger partial charge in [0.05, 0.1) is 23.9 Å². The Kier molecular flexibility index (Phi) is 7.47. The fourth-order valence-corrected chi connectivity index (χ4v) is 5.28. The van der Waals surface area contributed by atoms with Gasteiger partial charge in [-0.2, -0.15) is 0 Å². The molecule has 0 aliphatic rings. The number of para-hydroxylation sites is 1. The molecule has 2 aromatic carbocycles. The summed E-state index contributed by atoms with van der Waals surface area (Å²) in [5.74, 6) is -0.964. The van der Waals surface area contributed by atoms with E-state index in [2.05, 4.69) is 5.32 Å². The van der Waals surface area contributed by atoms with E-state index in [1.807, 2.05) is 18.2 Å². The minimum atomic E-state index is -0.631. The zero-order chi connectivity index (χ0) is 25.8. The Morgan fingerprint density at radius 1 is 1.08 bits per heavy atom. The fourth-order valence-electron chi connectivity index (χ4n) is 3.99. The van der Waals surface area contributed by atoms with Crippen molar-refractivity contribution in [2.45, 2.75) is 6.54 Å². The van der Waals surface area contributed by atoms with E-state index < -0.39 is 18.1 Å². The van der Waals surface area contributed by atoms with Crippen molar-refractivity contribution in [2.75, 3.05) is 33.9 Å². The molecule has 0 aliphatic heterocycles. The molecule has 0 atom stereocenters. The summed E-state index contributed by atoms with van der Waals surface area (Å²) < 4.78 is 7.59. The van der Waals surface area contributed by atoms with Crippen LogP contribution in [-0.2, 0) is 11.3 Å². The van der Waals surface area contributed by atoms with Gasteiger partial charge in [0.2, 0.25) is 5.91 Å². The van der Waals surface area contributed by atoms with E-state index in [1.165, 1.54) is 16.6 Å². The second kappa shape index (κ2) is 10.7. The maximum Gasteiger partial charge on any atom is 0.267 e. The van der Waals surface area contributed by atoms with E-state index in [0.29, 0.717) is 15.8 Å². The molecular weight excluding hydrogens is 482 g/mol. The summed E-state index contributed by atoms with van der Waals surface area (Å²) >= 11 is 1.15. The molecule has 2 N–H and O–H groups in total. The molecule has 0 fully saturated rings. The zero-order valence-corrected chi connectivity index (χ0v) is 20.6. The number of ether oxygens (including phenoxy) is 1. The molecule has 10 heteroatoms. The van der Waals surface area contributed by atoms with Crippen molar-refractivity contribution in [3.8, 4) is 5.75 Å². The molecule has 2 heterocycles. The minimum Gasteiger partial charge on any atom is -0.494 e. The van der Waals surface area contributed by atoms with Gasteiger partial charge in [0.25, 0.3) is 11.5 Å². The standard InChI is InChI=1S/C26H25N3O6S/c1-28(13-12-27-20(32)15-30)26(34)24-22(35-2)21-23(36-24)17-10-6-7-11-18(17)29(25(21)33)14-19(31)16-8-4-3-5-9-16/h3-11,30H,12-15H2,1-2H3,(H,27,32). The maximum absolute atomic E-state index is 13.7. The van der Waals surface area contributed by atoms with Crippen LogP contribution >= 0.6 is 11.3 Å². The van der Waals surface area contributed by atoms with Gasteiger partial charge in [-0.1, -0.05) is 48.5 Å². The van der Waals surface area contributed by atoms with Crippen LogP contribution < -0.4 is 15.6 Å². The van der Waals surface area contributed by atoms with Crippen LogP contribution in [0.2, 0.25) is 0 Å². The Bertz CT molecular complexity index is 1510. The quantitative estimate of drug-likeness (QED) is 0.336. The molecule has 0 radical (unpaired) electrons. The number of likely N-dealkylation sites (N-methyl/N-ethyl adjacent to an activating group) is 1. The van der Waals surface area contributed by atoms with Gasteiger partial charge in [0.15, 0.2) is 11.5 Å². The second-order valence-electron chi connectivity index (χ2n) is 8.10. The first-order valence-electron chi connectivity index (χ1n) is 11.2. The van der Waals surface area contributed by atoms with Gasteiger partial charge < -0.3 is 20.1 Å². The summed E-state index contributed by atoms with van der Waals surface area (Å²) in [6.45, 7) is -0.440. The molecule has 0 spiro atoms. The van der Waals surface area contributed by atoms with Gasteiger partial charge >= 0.3 is 0 Å². The van der Waals surface area contributed by atoms with Crippen LogP contribution in [0.1, 0.15) is 20.0 Å². The number of nitrogens with one attached hydrogen (secondary N) is 1. The summed E-state index contributed by atoms with van der Waals surface area (Å²) in [5, 5.41) is 12.3. The van der Waals surface area contributed by atoms with Crippen LogP contribution in [0.4, 0.5) is 0 Å². The summed E-state index contributed by atoms with van der Waals surface area (Å²) in [7, 11) is 2.97.